The van der Waals surface area contributed by atoms with Crippen molar-refractivity contribution in [1.29, 1.82) is 0 Å². The van der Waals surface area contributed by atoms with Crippen LogP contribution in [0.25, 0.3) is 0 Å². The van der Waals surface area contributed by atoms with Gasteiger partial charge in [0.2, 0.25) is 0 Å². The first-order chi connectivity index (χ1) is 7.93. The zero-order valence-corrected chi connectivity index (χ0v) is 9.92. The van der Waals surface area contributed by atoms with Crippen LogP contribution in [0.3, 0.4) is 0 Å². The lowest BCUT2D eigenvalue weighted by Gasteiger charge is -2.13. The van der Waals surface area contributed by atoms with E-state index in [4.69, 9.17) is 9.84 Å². The molecule has 1 aromatic carbocycles. The number of aliphatic hydroxyl groups is 1. The molecule has 93 valence electrons. The Morgan fingerprint density at radius 1 is 1.47 bits per heavy atom. The van der Waals surface area contributed by atoms with Crippen LogP contribution in [0.1, 0.15) is 25.3 Å². The largest absolute Gasteiger partial charge is 0.491 e. The smallest absolute Gasteiger partial charge is 0.273 e. The summed E-state index contributed by atoms with van der Waals surface area (Å²) < 4.78 is 5.43. The van der Waals surface area contributed by atoms with E-state index >= 15 is 0 Å². The number of nitro benzene ring substituents is 1. The van der Waals surface area contributed by atoms with Gasteiger partial charge in [-0.15, -0.1) is 0 Å². The Hall–Kier alpha value is -1.62. The average Bonchev–Trinajstić information content (AvgIpc) is 2.26. The molecular formula is C12H16NO4. The quantitative estimate of drug-likeness (QED) is 0.631. The van der Waals surface area contributed by atoms with Crippen molar-refractivity contribution in [2.24, 2.45) is 0 Å². The summed E-state index contributed by atoms with van der Waals surface area (Å²) in [7, 11) is 0. The normalized spacial score (nSPS) is 12.5. The Balaban J connectivity index is 3.13. The number of nitro groups is 1. The summed E-state index contributed by atoms with van der Waals surface area (Å²) in [6.07, 6.45) is -0.0674. The van der Waals surface area contributed by atoms with Crippen molar-refractivity contribution >= 4 is 5.69 Å². The van der Waals surface area contributed by atoms with E-state index in [1.807, 2.05) is 13.8 Å². The third-order valence-corrected chi connectivity index (χ3v) is 2.19. The first-order valence-corrected chi connectivity index (χ1v) is 5.34. The molecule has 0 saturated carbocycles. The van der Waals surface area contributed by atoms with Gasteiger partial charge in [0.1, 0.15) is 5.75 Å². The molecule has 0 fully saturated rings. The Morgan fingerprint density at radius 3 is 2.59 bits per heavy atom. The van der Waals surface area contributed by atoms with Crippen molar-refractivity contribution in [2.75, 3.05) is 6.61 Å². The monoisotopic (exact) mass is 238 g/mol. The predicted octanol–water partition coefficient (Wildman–Crippen LogP) is 2.29. The number of non-ortho nitro benzene ring substituents is 1. The molecule has 0 aliphatic carbocycles. The van der Waals surface area contributed by atoms with Crippen LogP contribution in [0.5, 0.6) is 5.75 Å². The van der Waals surface area contributed by atoms with Crippen molar-refractivity contribution in [2.45, 2.75) is 25.9 Å². The number of hydrogen-bond acceptors (Lipinski definition) is 4. The van der Waals surface area contributed by atoms with Crippen molar-refractivity contribution in [1.82, 2.24) is 0 Å². The third-order valence-electron chi connectivity index (χ3n) is 2.19. The SMILES string of the molecule is [CH2]C(CO)c1cc(OC(C)C)cc([N+](=O)[O-])c1. The number of rotatable bonds is 5. The van der Waals surface area contributed by atoms with Gasteiger partial charge >= 0.3 is 0 Å². The molecule has 1 aromatic rings. The molecule has 0 heterocycles. The van der Waals surface area contributed by atoms with Gasteiger partial charge in [-0.1, -0.05) is 0 Å². The fourth-order valence-electron chi connectivity index (χ4n) is 1.39. The van der Waals surface area contributed by atoms with E-state index in [2.05, 4.69) is 6.92 Å². The first kappa shape index (κ1) is 13.4. The van der Waals surface area contributed by atoms with Crippen LogP contribution in [0.2, 0.25) is 0 Å². The maximum Gasteiger partial charge on any atom is 0.273 e. The third kappa shape index (κ3) is 3.71. The molecule has 1 radical (unpaired) electrons. The molecule has 1 N–H and O–H groups in total. The summed E-state index contributed by atoms with van der Waals surface area (Å²) in [5.74, 6) is 0.0238. The number of benzene rings is 1. The second kappa shape index (κ2) is 5.63. The van der Waals surface area contributed by atoms with Crippen LogP contribution in [0.15, 0.2) is 18.2 Å². The second-order valence-electron chi connectivity index (χ2n) is 4.06. The lowest BCUT2D eigenvalue weighted by molar-refractivity contribution is -0.385. The number of hydrogen-bond donors (Lipinski definition) is 1. The van der Waals surface area contributed by atoms with Crippen molar-refractivity contribution in [3.8, 4) is 5.75 Å². The van der Waals surface area contributed by atoms with E-state index in [1.54, 1.807) is 6.07 Å². The first-order valence-electron chi connectivity index (χ1n) is 5.34. The van der Waals surface area contributed by atoms with Gasteiger partial charge < -0.3 is 9.84 Å². The molecular weight excluding hydrogens is 222 g/mol. The summed E-state index contributed by atoms with van der Waals surface area (Å²) >= 11 is 0. The summed E-state index contributed by atoms with van der Waals surface area (Å²) in [6.45, 7) is 7.23. The van der Waals surface area contributed by atoms with E-state index in [1.165, 1.54) is 12.1 Å². The molecule has 1 atom stereocenters. The fraction of sp³-hybridized carbons (Fsp3) is 0.417. The molecule has 17 heavy (non-hydrogen) atoms. The van der Waals surface area contributed by atoms with Gasteiger partial charge in [0.25, 0.3) is 5.69 Å². The second-order valence-corrected chi connectivity index (χ2v) is 4.06. The standard InChI is InChI=1S/C12H16NO4/c1-8(2)17-12-5-10(9(3)7-14)4-11(6-12)13(15)16/h4-6,8-9,14H,3,7H2,1-2H3. The number of ether oxygens (including phenoxy) is 1. The molecule has 0 bridgehead atoms. The summed E-state index contributed by atoms with van der Waals surface area (Å²) in [5.41, 5.74) is 0.539. The highest BCUT2D eigenvalue weighted by Gasteiger charge is 2.14. The van der Waals surface area contributed by atoms with Gasteiger partial charge in [0, 0.05) is 18.6 Å². The van der Waals surface area contributed by atoms with Crippen LogP contribution in [-0.2, 0) is 0 Å². The zero-order valence-electron chi connectivity index (χ0n) is 9.92. The highest BCUT2D eigenvalue weighted by Crippen LogP contribution is 2.27. The Bertz CT molecular complexity index is 403. The highest BCUT2D eigenvalue weighted by atomic mass is 16.6. The summed E-state index contributed by atoms with van der Waals surface area (Å²) in [4.78, 5) is 10.3. The molecule has 0 amide bonds. The van der Waals surface area contributed by atoms with Crippen LogP contribution >= 0.6 is 0 Å². The number of nitrogens with zero attached hydrogens (tertiary/aromatic N) is 1. The average molecular weight is 238 g/mol. The van der Waals surface area contributed by atoms with Gasteiger partial charge in [-0.3, -0.25) is 10.1 Å². The lowest BCUT2D eigenvalue weighted by atomic mass is 10.0. The molecule has 1 unspecified atom stereocenters. The van der Waals surface area contributed by atoms with Crippen molar-refractivity contribution in [3.05, 3.63) is 40.8 Å². The van der Waals surface area contributed by atoms with Crippen LogP contribution in [0, 0.1) is 17.0 Å². The van der Waals surface area contributed by atoms with Gasteiger partial charge in [0.05, 0.1) is 17.1 Å². The van der Waals surface area contributed by atoms with E-state index in [0.717, 1.165) is 0 Å². The van der Waals surface area contributed by atoms with E-state index < -0.39 is 10.8 Å². The van der Waals surface area contributed by atoms with E-state index in [0.29, 0.717) is 11.3 Å². The van der Waals surface area contributed by atoms with Crippen LogP contribution < -0.4 is 4.74 Å². The number of aliphatic hydroxyl groups excluding tert-OH is 1. The van der Waals surface area contributed by atoms with E-state index in [9.17, 15) is 10.1 Å². The predicted molar refractivity (Wildman–Crippen MR) is 64.0 cm³/mol. The van der Waals surface area contributed by atoms with E-state index in [-0.39, 0.29) is 18.4 Å². The van der Waals surface area contributed by atoms with Gasteiger partial charge in [-0.05, 0) is 32.4 Å². The molecule has 5 heteroatoms. The molecule has 0 aliphatic heterocycles. The topological polar surface area (TPSA) is 72.6 Å². The Labute approximate surface area is 100 Å². The Kier molecular flexibility index (Phi) is 4.45. The van der Waals surface area contributed by atoms with Crippen LogP contribution in [-0.4, -0.2) is 22.7 Å². The van der Waals surface area contributed by atoms with Gasteiger partial charge in [-0.25, -0.2) is 0 Å². The van der Waals surface area contributed by atoms with Crippen LogP contribution in [0.4, 0.5) is 5.69 Å². The van der Waals surface area contributed by atoms with Gasteiger partial charge in [0.15, 0.2) is 0 Å². The Morgan fingerprint density at radius 2 is 2.12 bits per heavy atom. The van der Waals surface area contributed by atoms with Crippen molar-refractivity contribution < 1.29 is 14.8 Å². The van der Waals surface area contributed by atoms with Gasteiger partial charge in [-0.2, -0.15) is 0 Å². The lowest BCUT2D eigenvalue weighted by Crippen LogP contribution is -2.07. The molecule has 0 aromatic heterocycles. The van der Waals surface area contributed by atoms with Crippen molar-refractivity contribution in [3.63, 3.8) is 0 Å². The maximum atomic E-state index is 10.8. The fourth-order valence-corrected chi connectivity index (χ4v) is 1.39. The summed E-state index contributed by atoms with van der Waals surface area (Å²) in [6, 6.07) is 4.44. The minimum atomic E-state index is -0.485. The molecule has 1 rings (SSSR count). The minimum absolute atomic E-state index is 0.0553. The minimum Gasteiger partial charge on any atom is -0.491 e. The summed E-state index contributed by atoms with van der Waals surface area (Å²) in [5, 5.41) is 19.8. The molecule has 0 spiro atoms. The zero-order chi connectivity index (χ0) is 13.0. The maximum absolute atomic E-state index is 10.8. The molecule has 0 aliphatic rings. The molecule has 5 nitrogen and oxygen atoms in total. The molecule has 0 saturated heterocycles. The highest BCUT2D eigenvalue weighted by molar-refractivity contribution is 5.44.